The lowest BCUT2D eigenvalue weighted by atomic mass is 10.1. The first kappa shape index (κ1) is 19.5. The maximum absolute atomic E-state index is 12.2. The minimum absolute atomic E-state index is 0. The molecule has 126 valence electrons. The highest BCUT2D eigenvalue weighted by atomic mass is 35.5. The van der Waals surface area contributed by atoms with Gasteiger partial charge in [-0.1, -0.05) is 12.1 Å². The fraction of sp³-hybridized carbons (Fsp3) is 0.375. The van der Waals surface area contributed by atoms with Crippen LogP contribution < -0.4 is 10.6 Å². The van der Waals surface area contributed by atoms with Crippen LogP contribution in [0.25, 0.3) is 0 Å². The molecule has 7 heteroatoms. The second-order valence-electron chi connectivity index (χ2n) is 5.42. The van der Waals surface area contributed by atoms with E-state index in [1.54, 1.807) is 6.20 Å². The lowest BCUT2D eigenvalue weighted by Crippen LogP contribution is -2.45. The molecule has 23 heavy (non-hydrogen) atoms. The van der Waals surface area contributed by atoms with Crippen molar-refractivity contribution < 1.29 is 4.79 Å². The molecule has 0 saturated carbocycles. The molecule has 1 saturated heterocycles. The molecule has 5 nitrogen and oxygen atoms in total. The second kappa shape index (κ2) is 9.55. The molecular formula is C16H22Cl2N4O. The molecule has 3 rings (SSSR count). The molecule has 0 unspecified atom stereocenters. The van der Waals surface area contributed by atoms with Crippen LogP contribution in [0.15, 0.2) is 42.7 Å². The van der Waals surface area contributed by atoms with E-state index in [1.165, 1.54) is 0 Å². The van der Waals surface area contributed by atoms with Crippen LogP contribution in [0, 0.1) is 0 Å². The molecule has 1 atom stereocenters. The van der Waals surface area contributed by atoms with Crippen LogP contribution in [-0.2, 0) is 6.54 Å². The van der Waals surface area contributed by atoms with Crippen LogP contribution in [0.5, 0.6) is 0 Å². The Morgan fingerprint density at radius 1 is 1.30 bits per heavy atom. The van der Waals surface area contributed by atoms with Crippen molar-refractivity contribution in [2.45, 2.75) is 25.4 Å². The summed E-state index contributed by atoms with van der Waals surface area (Å²) in [6.07, 6.45) is 5.86. The van der Waals surface area contributed by atoms with Crippen LogP contribution in [0.4, 0.5) is 0 Å². The van der Waals surface area contributed by atoms with Crippen LogP contribution in [0.1, 0.15) is 28.8 Å². The van der Waals surface area contributed by atoms with Gasteiger partial charge in [-0.15, -0.1) is 24.8 Å². The topological polar surface area (TPSA) is 59.0 Å². The Balaban J connectivity index is 0.00000132. The van der Waals surface area contributed by atoms with Gasteiger partial charge < -0.3 is 10.6 Å². The van der Waals surface area contributed by atoms with Gasteiger partial charge in [0.25, 0.3) is 5.91 Å². The molecule has 0 bridgehead atoms. The fourth-order valence-electron chi connectivity index (χ4n) is 2.59. The summed E-state index contributed by atoms with van der Waals surface area (Å²) in [5, 5.41) is 10.6. The SMILES string of the molecule is Cl.Cl.O=C(N[C@H]1CCCNC1)c1ccc(Cn2cccn2)cc1. The number of nitrogens with zero attached hydrogens (tertiary/aromatic N) is 2. The maximum atomic E-state index is 12.2. The predicted molar refractivity (Wildman–Crippen MR) is 95.6 cm³/mol. The Morgan fingerprint density at radius 3 is 2.70 bits per heavy atom. The summed E-state index contributed by atoms with van der Waals surface area (Å²) in [5.41, 5.74) is 1.85. The van der Waals surface area contributed by atoms with Gasteiger partial charge in [-0.25, -0.2) is 0 Å². The summed E-state index contributed by atoms with van der Waals surface area (Å²) < 4.78 is 1.86. The average molecular weight is 357 g/mol. The van der Waals surface area contributed by atoms with Crippen molar-refractivity contribution in [3.8, 4) is 0 Å². The van der Waals surface area contributed by atoms with E-state index in [0.717, 1.165) is 38.0 Å². The van der Waals surface area contributed by atoms with Crippen LogP contribution in [0.3, 0.4) is 0 Å². The maximum Gasteiger partial charge on any atom is 0.251 e. The summed E-state index contributed by atoms with van der Waals surface area (Å²) in [4.78, 5) is 12.2. The predicted octanol–water partition coefficient (Wildman–Crippen LogP) is 2.26. The quantitative estimate of drug-likeness (QED) is 0.883. The minimum Gasteiger partial charge on any atom is -0.348 e. The number of carbonyl (C=O) groups is 1. The third kappa shape index (κ3) is 5.53. The van der Waals surface area contributed by atoms with Crippen LogP contribution in [-0.4, -0.2) is 34.8 Å². The Labute approximate surface area is 148 Å². The molecular weight excluding hydrogens is 335 g/mol. The average Bonchev–Trinajstić information content (AvgIpc) is 3.02. The van der Waals surface area contributed by atoms with Crippen molar-refractivity contribution in [2.75, 3.05) is 13.1 Å². The Bertz CT molecular complexity index is 581. The van der Waals surface area contributed by atoms with Crippen molar-refractivity contribution >= 4 is 30.7 Å². The molecule has 0 radical (unpaired) electrons. The fourth-order valence-corrected chi connectivity index (χ4v) is 2.59. The summed E-state index contributed by atoms with van der Waals surface area (Å²) in [7, 11) is 0. The number of hydrogen-bond donors (Lipinski definition) is 2. The normalized spacial score (nSPS) is 16.8. The van der Waals surface area contributed by atoms with Crippen LogP contribution >= 0.6 is 24.8 Å². The van der Waals surface area contributed by atoms with E-state index >= 15 is 0 Å². The van der Waals surface area contributed by atoms with E-state index in [-0.39, 0.29) is 36.8 Å². The summed E-state index contributed by atoms with van der Waals surface area (Å²) >= 11 is 0. The highest BCUT2D eigenvalue weighted by Gasteiger charge is 2.16. The van der Waals surface area contributed by atoms with E-state index in [4.69, 9.17) is 0 Å². The van der Waals surface area contributed by atoms with Gasteiger partial charge in [0.15, 0.2) is 0 Å². The lowest BCUT2D eigenvalue weighted by Gasteiger charge is -2.23. The number of benzene rings is 1. The monoisotopic (exact) mass is 356 g/mol. The Kier molecular flexibility index (Phi) is 8.09. The molecule has 1 aliphatic rings. The van der Waals surface area contributed by atoms with E-state index in [9.17, 15) is 4.79 Å². The molecule has 1 aliphatic heterocycles. The van der Waals surface area contributed by atoms with E-state index in [1.807, 2.05) is 41.2 Å². The Hall–Kier alpha value is -1.56. The highest BCUT2D eigenvalue weighted by Crippen LogP contribution is 2.08. The van der Waals surface area contributed by atoms with Gasteiger partial charge in [-0.05, 0) is 43.1 Å². The molecule has 1 fully saturated rings. The number of piperidine rings is 1. The third-order valence-electron chi connectivity index (χ3n) is 3.75. The summed E-state index contributed by atoms with van der Waals surface area (Å²) in [5.74, 6) is 0.00865. The van der Waals surface area contributed by atoms with Gasteiger partial charge in [0.05, 0.1) is 6.54 Å². The number of nitrogens with one attached hydrogen (secondary N) is 2. The number of carbonyl (C=O) groups excluding carboxylic acids is 1. The zero-order valence-electron chi connectivity index (χ0n) is 12.8. The lowest BCUT2D eigenvalue weighted by molar-refractivity contribution is 0.0930. The molecule has 2 aromatic rings. The van der Waals surface area contributed by atoms with Gasteiger partial charge in [0, 0.05) is 30.5 Å². The van der Waals surface area contributed by atoms with E-state index in [2.05, 4.69) is 15.7 Å². The van der Waals surface area contributed by atoms with Gasteiger partial charge >= 0.3 is 0 Å². The molecule has 1 aromatic heterocycles. The number of amides is 1. The Morgan fingerprint density at radius 2 is 2.09 bits per heavy atom. The van der Waals surface area contributed by atoms with Gasteiger partial charge in [-0.2, -0.15) is 5.10 Å². The smallest absolute Gasteiger partial charge is 0.251 e. The standard InChI is InChI=1S/C16H20N4O.2ClH/c21-16(19-15-3-1-8-17-11-15)14-6-4-13(5-7-14)12-20-10-2-9-18-20;;/h2,4-7,9-10,15,17H,1,3,8,11-12H2,(H,19,21);2*1H/t15-;;/m0../s1. The molecule has 1 aromatic carbocycles. The summed E-state index contributed by atoms with van der Waals surface area (Å²) in [6, 6.07) is 9.87. The zero-order valence-corrected chi connectivity index (χ0v) is 14.4. The minimum atomic E-state index is 0. The van der Waals surface area contributed by atoms with Crippen molar-refractivity contribution in [2.24, 2.45) is 0 Å². The molecule has 0 spiro atoms. The number of halogens is 2. The van der Waals surface area contributed by atoms with Gasteiger partial charge in [0.1, 0.15) is 0 Å². The van der Waals surface area contributed by atoms with Gasteiger partial charge in [0.2, 0.25) is 0 Å². The number of aromatic nitrogens is 2. The third-order valence-corrected chi connectivity index (χ3v) is 3.75. The largest absolute Gasteiger partial charge is 0.348 e. The van der Waals surface area contributed by atoms with Crippen LogP contribution in [0.2, 0.25) is 0 Å². The number of hydrogen-bond acceptors (Lipinski definition) is 3. The van der Waals surface area contributed by atoms with E-state index < -0.39 is 0 Å². The van der Waals surface area contributed by atoms with E-state index in [0.29, 0.717) is 5.56 Å². The molecule has 2 N–H and O–H groups in total. The first-order valence-corrected chi connectivity index (χ1v) is 7.39. The van der Waals surface area contributed by atoms with Crippen molar-refractivity contribution in [3.05, 3.63) is 53.9 Å². The van der Waals surface area contributed by atoms with Crippen molar-refractivity contribution in [1.82, 2.24) is 20.4 Å². The molecule has 0 aliphatic carbocycles. The van der Waals surface area contributed by atoms with Crippen molar-refractivity contribution in [3.63, 3.8) is 0 Å². The first-order valence-electron chi connectivity index (χ1n) is 7.39. The molecule has 1 amide bonds. The first-order chi connectivity index (χ1) is 10.3. The second-order valence-corrected chi connectivity index (χ2v) is 5.42. The summed E-state index contributed by atoms with van der Waals surface area (Å²) in [6.45, 7) is 2.64. The zero-order chi connectivity index (χ0) is 14.5. The van der Waals surface area contributed by atoms with Gasteiger partial charge in [-0.3, -0.25) is 9.48 Å². The highest BCUT2D eigenvalue weighted by molar-refractivity contribution is 5.94. The number of rotatable bonds is 4. The van der Waals surface area contributed by atoms with Crippen molar-refractivity contribution in [1.29, 1.82) is 0 Å². The molecule has 2 heterocycles.